The molecule has 35 heavy (non-hydrogen) atoms. The maximum absolute atomic E-state index is 12.5. The van der Waals surface area contributed by atoms with Crippen LogP contribution in [-0.4, -0.2) is 75.9 Å². The van der Waals surface area contributed by atoms with Gasteiger partial charge in [-0.05, 0) is 37.2 Å². The third kappa shape index (κ3) is 5.11. The lowest BCUT2D eigenvalue weighted by atomic mass is 10.0. The number of nitrogens with zero attached hydrogens (tertiary/aromatic N) is 4. The molecule has 2 aliphatic heterocycles. The maximum atomic E-state index is 12.5. The minimum Gasteiger partial charge on any atom is -0.497 e. The molecule has 0 aliphatic carbocycles. The van der Waals surface area contributed by atoms with E-state index in [1.807, 2.05) is 24.3 Å². The zero-order valence-electron chi connectivity index (χ0n) is 19.4. The molecule has 184 valence electrons. The van der Waals surface area contributed by atoms with Gasteiger partial charge in [-0.1, -0.05) is 0 Å². The number of rotatable bonds is 7. The first-order valence-corrected chi connectivity index (χ1v) is 11.6. The average Bonchev–Trinajstić information content (AvgIpc) is 2.87. The van der Waals surface area contributed by atoms with Gasteiger partial charge in [0.15, 0.2) is 18.2 Å². The normalized spacial score (nSPS) is 20.2. The lowest BCUT2D eigenvalue weighted by Crippen LogP contribution is -2.53. The van der Waals surface area contributed by atoms with E-state index in [2.05, 4.69) is 25.5 Å². The van der Waals surface area contributed by atoms with E-state index >= 15 is 0 Å². The van der Waals surface area contributed by atoms with Crippen LogP contribution in [0.2, 0.25) is 0 Å². The number of aliphatic hydroxyl groups is 1. The number of aliphatic hydroxyl groups excluding tert-OH is 1. The second-order valence-corrected chi connectivity index (χ2v) is 8.73. The summed E-state index contributed by atoms with van der Waals surface area (Å²) in [4.78, 5) is 34.8. The molecule has 0 saturated carbocycles. The van der Waals surface area contributed by atoms with Crippen LogP contribution in [0.3, 0.4) is 0 Å². The third-order valence-corrected chi connectivity index (χ3v) is 6.44. The highest BCUT2D eigenvalue weighted by Crippen LogP contribution is 2.25. The van der Waals surface area contributed by atoms with Crippen molar-refractivity contribution in [1.82, 2.24) is 24.8 Å². The third-order valence-electron chi connectivity index (χ3n) is 6.44. The van der Waals surface area contributed by atoms with E-state index in [1.54, 1.807) is 17.7 Å². The molecule has 11 nitrogen and oxygen atoms in total. The lowest BCUT2D eigenvalue weighted by Gasteiger charge is -2.36. The second-order valence-electron chi connectivity index (χ2n) is 8.73. The van der Waals surface area contributed by atoms with Crippen molar-refractivity contribution in [3.8, 4) is 11.5 Å². The van der Waals surface area contributed by atoms with Crippen LogP contribution in [0, 0.1) is 0 Å². The Morgan fingerprint density at radius 3 is 2.97 bits per heavy atom. The lowest BCUT2D eigenvalue weighted by molar-refractivity contribution is -0.118. The summed E-state index contributed by atoms with van der Waals surface area (Å²) >= 11 is 0. The number of carbonyl (C=O) groups excluding carboxylic acids is 1. The van der Waals surface area contributed by atoms with E-state index in [1.165, 1.54) is 6.20 Å². The fourth-order valence-corrected chi connectivity index (χ4v) is 4.52. The maximum Gasteiger partial charge on any atom is 0.269 e. The number of carbonyl (C=O) groups is 1. The van der Waals surface area contributed by atoms with E-state index in [0.717, 1.165) is 29.7 Å². The molecule has 2 atom stereocenters. The van der Waals surface area contributed by atoms with Crippen molar-refractivity contribution < 1.29 is 19.4 Å². The van der Waals surface area contributed by atoms with E-state index in [9.17, 15) is 14.7 Å². The molecule has 1 aromatic carbocycles. The first kappa shape index (κ1) is 23.2. The number of anilines is 1. The number of pyridine rings is 1. The van der Waals surface area contributed by atoms with Gasteiger partial charge in [-0.2, -0.15) is 0 Å². The summed E-state index contributed by atoms with van der Waals surface area (Å²) in [5, 5.41) is 16.8. The quantitative estimate of drug-likeness (QED) is 0.439. The van der Waals surface area contributed by atoms with Crippen LogP contribution >= 0.6 is 0 Å². The van der Waals surface area contributed by atoms with Gasteiger partial charge < -0.3 is 29.8 Å². The van der Waals surface area contributed by atoms with E-state index in [-0.39, 0.29) is 24.1 Å². The molecule has 1 fully saturated rings. The molecule has 0 radical (unpaired) electrons. The Labute approximate surface area is 201 Å². The fraction of sp³-hybridized carbons (Fsp3) is 0.417. The monoisotopic (exact) mass is 480 g/mol. The SMILES string of the molecule is COc1ccc2ncc(=O)n(CCN3CC[C@@H](NCc4ccc5c(n4)NC(=O)CO5)[C@H](O)C3)c2c1. The standard InChI is InChI=1S/C24H28N6O5/c1-34-16-3-4-17-19(10-16)30(23(33)12-26-17)9-8-29-7-6-18(20(31)13-29)25-11-15-2-5-21-24(27-15)28-22(32)14-35-21/h2-5,10,12,18,20,25,31H,6-9,11,13-14H2,1H3,(H,27,28,32)/t18-,20-/m1/s1. The average molecular weight is 481 g/mol. The van der Waals surface area contributed by atoms with Gasteiger partial charge in [0, 0.05) is 38.3 Å². The van der Waals surface area contributed by atoms with Crippen molar-refractivity contribution >= 4 is 22.8 Å². The first-order chi connectivity index (χ1) is 17.0. The van der Waals surface area contributed by atoms with Crippen molar-refractivity contribution in [2.75, 3.05) is 38.7 Å². The molecular weight excluding hydrogens is 452 g/mol. The molecule has 2 aromatic heterocycles. The molecule has 4 heterocycles. The number of methoxy groups -OCH3 is 1. The number of hydrogen-bond donors (Lipinski definition) is 3. The summed E-state index contributed by atoms with van der Waals surface area (Å²) < 4.78 is 12.3. The minimum absolute atomic E-state index is 0.00272. The molecule has 0 bridgehead atoms. The highest BCUT2D eigenvalue weighted by Gasteiger charge is 2.27. The van der Waals surface area contributed by atoms with Crippen molar-refractivity contribution in [3.05, 3.63) is 52.6 Å². The van der Waals surface area contributed by atoms with Gasteiger partial charge in [0.1, 0.15) is 5.75 Å². The molecular formula is C24H28N6O5. The van der Waals surface area contributed by atoms with Gasteiger partial charge in [0.2, 0.25) is 0 Å². The highest BCUT2D eigenvalue weighted by atomic mass is 16.5. The molecule has 0 spiro atoms. The van der Waals surface area contributed by atoms with Crippen molar-refractivity contribution in [1.29, 1.82) is 0 Å². The zero-order chi connectivity index (χ0) is 24.4. The molecule has 1 amide bonds. The van der Waals surface area contributed by atoms with Crippen LogP contribution in [-0.2, 0) is 17.9 Å². The first-order valence-electron chi connectivity index (χ1n) is 11.6. The Balaban J connectivity index is 1.17. The number of aromatic nitrogens is 3. The van der Waals surface area contributed by atoms with E-state index in [4.69, 9.17) is 9.47 Å². The number of β-amino-alcohol motifs (C(OH)–C–C–N with tert-alkyl or cyclic N) is 1. The molecule has 11 heteroatoms. The summed E-state index contributed by atoms with van der Waals surface area (Å²) in [5.41, 5.74) is 2.05. The second kappa shape index (κ2) is 9.98. The molecule has 3 aromatic rings. The van der Waals surface area contributed by atoms with Crippen LogP contribution in [0.4, 0.5) is 5.82 Å². The van der Waals surface area contributed by atoms with Crippen LogP contribution in [0.15, 0.2) is 41.3 Å². The Morgan fingerprint density at radius 2 is 2.14 bits per heavy atom. The largest absolute Gasteiger partial charge is 0.497 e. The number of ether oxygens (including phenoxy) is 2. The fourth-order valence-electron chi connectivity index (χ4n) is 4.52. The van der Waals surface area contributed by atoms with Crippen LogP contribution < -0.4 is 25.7 Å². The van der Waals surface area contributed by atoms with Crippen molar-refractivity contribution in [2.45, 2.75) is 31.7 Å². The summed E-state index contributed by atoms with van der Waals surface area (Å²) in [5.74, 6) is 1.43. The number of amides is 1. The van der Waals surface area contributed by atoms with Gasteiger partial charge in [-0.3, -0.25) is 14.5 Å². The van der Waals surface area contributed by atoms with Gasteiger partial charge in [-0.15, -0.1) is 0 Å². The van der Waals surface area contributed by atoms with Gasteiger partial charge in [0.05, 0.1) is 36.1 Å². The van der Waals surface area contributed by atoms with E-state index < -0.39 is 6.10 Å². The summed E-state index contributed by atoms with van der Waals surface area (Å²) in [6.07, 6.45) is 1.54. The molecule has 5 rings (SSSR count). The number of nitrogens with one attached hydrogen (secondary N) is 2. The molecule has 2 aliphatic rings. The Kier molecular flexibility index (Phi) is 6.62. The Hall–Kier alpha value is -3.54. The predicted octanol–water partition coefficient (Wildman–Crippen LogP) is 0.356. The number of piperidine rings is 1. The Morgan fingerprint density at radius 1 is 1.26 bits per heavy atom. The van der Waals surface area contributed by atoms with Gasteiger partial charge >= 0.3 is 0 Å². The number of likely N-dealkylation sites (tertiary alicyclic amines) is 1. The van der Waals surface area contributed by atoms with Crippen LogP contribution in [0.5, 0.6) is 11.5 Å². The zero-order valence-corrected chi connectivity index (χ0v) is 19.4. The summed E-state index contributed by atoms with van der Waals surface area (Å²) in [6.45, 7) is 2.87. The van der Waals surface area contributed by atoms with E-state index in [0.29, 0.717) is 43.5 Å². The summed E-state index contributed by atoms with van der Waals surface area (Å²) in [6, 6.07) is 9.03. The predicted molar refractivity (Wildman–Crippen MR) is 129 cm³/mol. The topological polar surface area (TPSA) is 131 Å². The molecule has 3 N–H and O–H groups in total. The van der Waals surface area contributed by atoms with Crippen molar-refractivity contribution in [3.63, 3.8) is 0 Å². The molecule has 1 saturated heterocycles. The number of hydrogen-bond acceptors (Lipinski definition) is 9. The summed E-state index contributed by atoms with van der Waals surface area (Å²) in [7, 11) is 1.59. The van der Waals surface area contributed by atoms with Gasteiger partial charge in [0.25, 0.3) is 11.5 Å². The molecule has 0 unspecified atom stereocenters. The smallest absolute Gasteiger partial charge is 0.269 e. The van der Waals surface area contributed by atoms with Crippen molar-refractivity contribution in [2.24, 2.45) is 0 Å². The Bertz CT molecular complexity index is 1300. The van der Waals surface area contributed by atoms with Gasteiger partial charge in [-0.25, -0.2) is 9.97 Å². The van der Waals surface area contributed by atoms with Crippen LogP contribution in [0.1, 0.15) is 12.1 Å². The highest BCUT2D eigenvalue weighted by molar-refractivity contribution is 5.94. The number of fused-ring (bicyclic) bond motifs is 2. The van der Waals surface area contributed by atoms with Crippen LogP contribution in [0.25, 0.3) is 11.0 Å². The number of benzene rings is 1. The minimum atomic E-state index is -0.560.